The van der Waals surface area contributed by atoms with Crippen molar-refractivity contribution in [3.8, 4) is 17.6 Å². The van der Waals surface area contributed by atoms with Gasteiger partial charge in [-0.1, -0.05) is 11.8 Å². The Hall–Kier alpha value is -2.19. The average molecular weight is 305 g/mol. The number of amides is 1. The number of aliphatic hydroxyl groups excluding tert-OH is 1. The van der Waals surface area contributed by atoms with Crippen molar-refractivity contribution >= 4 is 6.09 Å². The molecule has 5 nitrogen and oxygen atoms in total. The van der Waals surface area contributed by atoms with Crippen LogP contribution in [0.3, 0.4) is 0 Å². The number of carbonyl (C=O) groups excluding carboxylic acids is 1. The summed E-state index contributed by atoms with van der Waals surface area (Å²) in [5, 5.41) is 11.3. The molecule has 0 atom stereocenters. The number of ether oxygens (including phenoxy) is 2. The van der Waals surface area contributed by atoms with Gasteiger partial charge in [0, 0.05) is 18.5 Å². The van der Waals surface area contributed by atoms with Crippen molar-refractivity contribution in [3.63, 3.8) is 0 Å². The predicted molar refractivity (Wildman–Crippen MR) is 84.8 cm³/mol. The van der Waals surface area contributed by atoms with E-state index < -0.39 is 11.7 Å². The van der Waals surface area contributed by atoms with Crippen LogP contribution in [0.15, 0.2) is 24.3 Å². The van der Waals surface area contributed by atoms with E-state index in [-0.39, 0.29) is 13.2 Å². The second-order valence-electron chi connectivity index (χ2n) is 5.58. The van der Waals surface area contributed by atoms with Crippen LogP contribution < -0.4 is 10.1 Å². The minimum Gasteiger partial charge on any atom is -0.491 e. The van der Waals surface area contributed by atoms with Gasteiger partial charge in [0.15, 0.2) is 0 Å². The third kappa shape index (κ3) is 8.18. The fraction of sp³-hybridized carbons (Fsp3) is 0.471. The molecule has 1 rings (SSSR count). The second-order valence-corrected chi connectivity index (χ2v) is 5.58. The van der Waals surface area contributed by atoms with Crippen LogP contribution in [0.5, 0.6) is 5.75 Å². The second kappa shape index (κ2) is 8.96. The lowest BCUT2D eigenvalue weighted by Crippen LogP contribution is -2.32. The highest BCUT2D eigenvalue weighted by Crippen LogP contribution is 2.11. The molecule has 1 aromatic rings. The van der Waals surface area contributed by atoms with Crippen LogP contribution in [-0.4, -0.2) is 36.6 Å². The molecule has 2 N–H and O–H groups in total. The first-order valence-electron chi connectivity index (χ1n) is 7.20. The summed E-state index contributed by atoms with van der Waals surface area (Å²) in [6, 6.07) is 7.30. The molecule has 0 unspecified atom stereocenters. The minimum atomic E-state index is -0.490. The number of nitrogens with one attached hydrogen (secondary N) is 1. The Morgan fingerprint density at radius 3 is 2.55 bits per heavy atom. The number of benzene rings is 1. The molecule has 0 aliphatic carbocycles. The lowest BCUT2D eigenvalue weighted by atomic mass is 10.2. The van der Waals surface area contributed by atoms with Gasteiger partial charge in [-0.25, -0.2) is 4.79 Å². The normalized spacial score (nSPS) is 10.4. The van der Waals surface area contributed by atoms with Crippen LogP contribution in [0.4, 0.5) is 4.79 Å². The molecule has 0 fully saturated rings. The first-order chi connectivity index (χ1) is 10.4. The maximum atomic E-state index is 11.4. The summed E-state index contributed by atoms with van der Waals surface area (Å²) >= 11 is 0. The molecule has 0 aromatic heterocycles. The molecule has 22 heavy (non-hydrogen) atoms. The molecular weight excluding hydrogens is 282 g/mol. The van der Waals surface area contributed by atoms with Gasteiger partial charge in [-0.3, -0.25) is 0 Å². The van der Waals surface area contributed by atoms with E-state index in [9.17, 15) is 4.79 Å². The molecule has 0 aliphatic heterocycles. The van der Waals surface area contributed by atoms with Crippen molar-refractivity contribution in [2.24, 2.45) is 0 Å². The summed E-state index contributed by atoms with van der Waals surface area (Å²) < 4.78 is 10.4. The maximum absolute atomic E-state index is 11.4. The van der Waals surface area contributed by atoms with E-state index in [0.717, 1.165) is 5.56 Å². The maximum Gasteiger partial charge on any atom is 0.407 e. The molecule has 0 bridgehead atoms. The van der Waals surface area contributed by atoms with Gasteiger partial charge in [-0.15, -0.1) is 0 Å². The number of rotatable bonds is 5. The summed E-state index contributed by atoms with van der Waals surface area (Å²) in [6.45, 7) is 6.17. The van der Waals surface area contributed by atoms with Gasteiger partial charge in [-0.2, -0.15) is 0 Å². The van der Waals surface area contributed by atoms with Crippen LogP contribution >= 0.6 is 0 Å². The zero-order valence-corrected chi connectivity index (χ0v) is 13.3. The molecule has 0 saturated heterocycles. The van der Waals surface area contributed by atoms with E-state index in [1.807, 2.05) is 32.9 Å². The van der Waals surface area contributed by atoms with Crippen LogP contribution in [0.2, 0.25) is 0 Å². The number of hydrogen-bond donors (Lipinski definition) is 2. The Bertz CT molecular complexity index is 520. The molecule has 1 aromatic carbocycles. The highest BCUT2D eigenvalue weighted by Gasteiger charge is 2.15. The molecule has 0 aliphatic rings. The monoisotopic (exact) mass is 305 g/mol. The topological polar surface area (TPSA) is 67.8 Å². The Labute approximate surface area is 131 Å². The Balaban J connectivity index is 2.31. The van der Waals surface area contributed by atoms with Gasteiger partial charge in [-0.05, 0) is 45.0 Å². The minimum absolute atomic E-state index is 0.00773. The smallest absolute Gasteiger partial charge is 0.407 e. The van der Waals surface area contributed by atoms with Gasteiger partial charge < -0.3 is 19.9 Å². The standard InChI is InChI=1S/C17H23NO4/c1-17(2,3)22-16(20)18-11-5-4-6-14-7-9-15(10-8-14)21-13-12-19/h7-10,19H,5,11-13H2,1-3H3,(H,18,20). The molecule has 1 amide bonds. The van der Waals surface area contributed by atoms with Crippen molar-refractivity contribution in [2.45, 2.75) is 32.8 Å². The van der Waals surface area contributed by atoms with E-state index >= 15 is 0 Å². The third-order valence-corrected chi connectivity index (χ3v) is 2.37. The van der Waals surface area contributed by atoms with Crippen molar-refractivity contribution < 1.29 is 19.4 Å². The number of alkyl carbamates (subject to hydrolysis) is 1. The number of aliphatic hydroxyl groups is 1. The van der Waals surface area contributed by atoms with Crippen LogP contribution in [0, 0.1) is 11.8 Å². The summed E-state index contributed by atoms with van der Waals surface area (Å²) in [5.41, 5.74) is 0.379. The van der Waals surface area contributed by atoms with E-state index in [4.69, 9.17) is 14.6 Å². The Morgan fingerprint density at radius 1 is 1.27 bits per heavy atom. The van der Waals surface area contributed by atoms with Crippen molar-refractivity contribution in [3.05, 3.63) is 29.8 Å². The number of hydrogen-bond acceptors (Lipinski definition) is 4. The van der Waals surface area contributed by atoms with E-state index in [0.29, 0.717) is 18.7 Å². The van der Waals surface area contributed by atoms with Gasteiger partial charge in [0.25, 0.3) is 0 Å². The largest absolute Gasteiger partial charge is 0.491 e. The van der Waals surface area contributed by atoms with Crippen LogP contribution in [0.25, 0.3) is 0 Å². The van der Waals surface area contributed by atoms with Crippen molar-refractivity contribution in [1.29, 1.82) is 0 Å². The lowest BCUT2D eigenvalue weighted by Gasteiger charge is -2.19. The fourth-order valence-electron chi connectivity index (χ4n) is 1.50. The van der Waals surface area contributed by atoms with Crippen LogP contribution in [-0.2, 0) is 4.74 Å². The Morgan fingerprint density at radius 2 is 1.95 bits per heavy atom. The summed E-state index contributed by atoms with van der Waals surface area (Å²) in [6.07, 6.45) is 0.113. The van der Waals surface area contributed by atoms with Gasteiger partial charge in [0.1, 0.15) is 18.0 Å². The van der Waals surface area contributed by atoms with Gasteiger partial charge >= 0.3 is 6.09 Å². The first-order valence-corrected chi connectivity index (χ1v) is 7.20. The molecule has 0 radical (unpaired) electrons. The van der Waals surface area contributed by atoms with Gasteiger partial charge in [0.05, 0.1) is 6.61 Å². The predicted octanol–water partition coefficient (Wildman–Crippen LogP) is 2.32. The summed E-state index contributed by atoms with van der Waals surface area (Å²) in [4.78, 5) is 11.4. The summed E-state index contributed by atoms with van der Waals surface area (Å²) in [5.74, 6) is 6.68. The highest BCUT2D eigenvalue weighted by atomic mass is 16.6. The quantitative estimate of drug-likeness (QED) is 0.647. The fourth-order valence-corrected chi connectivity index (χ4v) is 1.50. The zero-order valence-electron chi connectivity index (χ0n) is 13.3. The zero-order chi connectivity index (χ0) is 16.4. The molecule has 0 heterocycles. The van der Waals surface area contributed by atoms with E-state index in [1.54, 1.807) is 12.1 Å². The molecule has 0 saturated carbocycles. The number of carbonyl (C=O) groups is 1. The Kier molecular flexibility index (Phi) is 7.27. The molecule has 5 heteroatoms. The third-order valence-electron chi connectivity index (χ3n) is 2.37. The van der Waals surface area contributed by atoms with E-state index in [2.05, 4.69) is 17.2 Å². The summed E-state index contributed by atoms with van der Waals surface area (Å²) in [7, 11) is 0. The van der Waals surface area contributed by atoms with Crippen molar-refractivity contribution in [1.82, 2.24) is 5.32 Å². The van der Waals surface area contributed by atoms with Gasteiger partial charge in [0.2, 0.25) is 0 Å². The highest BCUT2D eigenvalue weighted by molar-refractivity contribution is 5.67. The molecular formula is C17H23NO4. The molecule has 0 spiro atoms. The lowest BCUT2D eigenvalue weighted by molar-refractivity contribution is 0.0529. The van der Waals surface area contributed by atoms with E-state index in [1.165, 1.54) is 0 Å². The van der Waals surface area contributed by atoms with Crippen LogP contribution in [0.1, 0.15) is 32.8 Å². The molecule has 120 valence electrons. The SMILES string of the molecule is CC(C)(C)OC(=O)NCCC#Cc1ccc(OCCO)cc1. The average Bonchev–Trinajstić information content (AvgIpc) is 2.44. The first kappa shape index (κ1) is 17.9. The van der Waals surface area contributed by atoms with Crippen molar-refractivity contribution in [2.75, 3.05) is 19.8 Å².